The van der Waals surface area contributed by atoms with Gasteiger partial charge in [-0.1, -0.05) is 23.4 Å². The monoisotopic (exact) mass is 340 g/mol. The minimum atomic E-state index is -0.497. The zero-order chi connectivity index (χ0) is 17.6. The van der Waals surface area contributed by atoms with E-state index in [1.54, 1.807) is 16.7 Å². The molecule has 130 valence electrons. The normalized spacial score (nSPS) is 22.3. The summed E-state index contributed by atoms with van der Waals surface area (Å²) in [6, 6.07) is 7.02. The number of aryl methyl sites for hydroxylation is 1. The van der Waals surface area contributed by atoms with Crippen molar-refractivity contribution in [1.29, 1.82) is 0 Å². The van der Waals surface area contributed by atoms with Gasteiger partial charge in [0.05, 0.1) is 6.04 Å². The van der Waals surface area contributed by atoms with E-state index in [9.17, 15) is 9.59 Å². The highest BCUT2D eigenvalue weighted by Gasteiger charge is 2.43. The number of amides is 2. The number of rotatable bonds is 2. The van der Waals surface area contributed by atoms with Gasteiger partial charge in [0, 0.05) is 32.5 Å². The van der Waals surface area contributed by atoms with Crippen LogP contribution in [0.25, 0.3) is 0 Å². The van der Waals surface area contributed by atoms with Gasteiger partial charge < -0.3 is 9.42 Å². The largest absolute Gasteiger partial charge is 0.340 e. The molecule has 1 aromatic heterocycles. The van der Waals surface area contributed by atoms with Gasteiger partial charge in [-0.25, -0.2) is 0 Å². The first-order valence-corrected chi connectivity index (χ1v) is 8.54. The van der Waals surface area contributed by atoms with Crippen molar-refractivity contribution in [2.75, 3.05) is 11.4 Å². The molecule has 25 heavy (non-hydrogen) atoms. The average molecular weight is 340 g/mol. The van der Waals surface area contributed by atoms with Gasteiger partial charge in [0.2, 0.25) is 17.7 Å². The van der Waals surface area contributed by atoms with Crippen molar-refractivity contribution in [1.82, 2.24) is 15.0 Å². The lowest BCUT2D eigenvalue weighted by molar-refractivity contribution is -0.135. The molecule has 7 heteroatoms. The van der Waals surface area contributed by atoms with Crippen LogP contribution in [0.15, 0.2) is 28.8 Å². The van der Waals surface area contributed by atoms with Crippen LogP contribution >= 0.6 is 0 Å². The number of carbonyl (C=O) groups is 2. The van der Waals surface area contributed by atoms with Gasteiger partial charge in [-0.2, -0.15) is 4.98 Å². The van der Waals surface area contributed by atoms with E-state index < -0.39 is 6.04 Å². The minimum Gasteiger partial charge on any atom is -0.340 e. The summed E-state index contributed by atoms with van der Waals surface area (Å²) in [5.74, 6) is 0.881. The first kappa shape index (κ1) is 15.8. The van der Waals surface area contributed by atoms with Crippen LogP contribution in [0.1, 0.15) is 43.1 Å². The van der Waals surface area contributed by atoms with Crippen molar-refractivity contribution in [3.05, 3.63) is 41.5 Å². The van der Waals surface area contributed by atoms with Crippen LogP contribution in [0.4, 0.5) is 5.69 Å². The summed E-state index contributed by atoms with van der Waals surface area (Å²) < 4.78 is 5.08. The van der Waals surface area contributed by atoms with E-state index >= 15 is 0 Å². The maximum atomic E-state index is 13.3. The highest BCUT2D eigenvalue weighted by atomic mass is 16.5. The van der Waals surface area contributed by atoms with Crippen LogP contribution in [0.5, 0.6) is 0 Å². The number of benzene rings is 1. The molecule has 0 unspecified atom stereocenters. The lowest BCUT2D eigenvalue weighted by Crippen LogP contribution is -2.49. The third-order valence-electron chi connectivity index (χ3n) is 4.98. The van der Waals surface area contributed by atoms with Crippen molar-refractivity contribution < 1.29 is 14.1 Å². The van der Waals surface area contributed by atoms with E-state index in [0.29, 0.717) is 24.7 Å². The Morgan fingerprint density at radius 1 is 1.28 bits per heavy atom. The fraction of sp³-hybridized carbons (Fsp3) is 0.444. The van der Waals surface area contributed by atoms with Gasteiger partial charge in [0.25, 0.3) is 0 Å². The first-order valence-electron chi connectivity index (χ1n) is 8.54. The molecule has 0 spiro atoms. The molecular formula is C18H20N4O3. The molecule has 0 aliphatic carbocycles. The maximum Gasteiger partial charge on any atom is 0.246 e. The third kappa shape index (κ3) is 2.59. The zero-order valence-corrected chi connectivity index (χ0v) is 14.3. The number of anilines is 1. The molecule has 0 N–H and O–H groups in total. The molecule has 2 aromatic rings. The number of nitrogens with zero attached hydrogens (tertiary/aromatic N) is 4. The standard InChI is InChI=1S/C18H20N4O3/c1-11-19-17(20-25-11)15-8-5-9-21(15)18(24)16-10-13-6-3-4-7-14(13)22(16)12(2)23/h3-4,6-7,15-16H,5,8-10H2,1-2H3/t15-,16+/m1/s1. The quantitative estimate of drug-likeness (QED) is 0.835. The molecule has 7 nitrogen and oxygen atoms in total. The second-order valence-corrected chi connectivity index (χ2v) is 6.60. The summed E-state index contributed by atoms with van der Waals surface area (Å²) in [6.07, 6.45) is 2.25. The molecule has 0 bridgehead atoms. The van der Waals surface area contributed by atoms with Crippen molar-refractivity contribution >= 4 is 17.5 Å². The van der Waals surface area contributed by atoms with Gasteiger partial charge in [-0.05, 0) is 24.5 Å². The van der Waals surface area contributed by atoms with Crippen LogP contribution in [-0.2, 0) is 16.0 Å². The van der Waals surface area contributed by atoms with Crippen molar-refractivity contribution in [2.45, 2.75) is 45.2 Å². The van der Waals surface area contributed by atoms with Crippen molar-refractivity contribution in [3.8, 4) is 0 Å². The number of fused-ring (bicyclic) bond motifs is 1. The number of hydrogen-bond acceptors (Lipinski definition) is 5. The molecule has 1 fully saturated rings. The van der Waals surface area contributed by atoms with Crippen LogP contribution in [-0.4, -0.2) is 39.4 Å². The van der Waals surface area contributed by atoms with E-state index in [4.69, 9.17) is 4.52 Å². The predicted molar refractivity (Wildman–Crippen MR) is 89.8 cm³/mol. The van der Waals surface area contributed by atoms with E-state index in [1.165, 1.54) is 6.92 Å². The summed E-state index contributed by atoms with van der Waals surface area (Å²) in [7, 11) is 0. The van der Waals surface area contributed by atoms with Crippen LogP contribution < -0.4 is 4.90 Å². The molecule has 3 heterocycles. The third-order valence-corrected chi connectivity index (χ3v) is 4.98. The highest BCUT2D eigenvalue weighted by Crippen LogP contribution is 2.36. The lowest BCUT2D eigenvalue weighted by atomic mass is 10.1. The molecular weight excluding hydrogens is 320 g/mol. The summed E-state index contributed by atoms with van der Waals surface area (Å²) in [5, 5.41) is 3.99. The Balaban J connectivity index is 1.63. The number of likely N-dealkylation sites (tertiary alicyclic amines) is 1. The summed E-state index contributed by atoms with van der Waals surface area (Å²) in [4.78, 5) is 33.2. The summed E-state index contributed by atoms with van der Waals surface area (Å²) in [6.45, 7) is 3.89. The van der Waals surface area contributed by atoms with Crippen LogP contribution in [0.3, 0.4) is 0 Å². The Morgan fingerprint density at radius 3 is 2.80 bits per heavy atom. The topological polar surface area (TPSA) is 79.5 Å². The van der Waals surface area contributed by atoms with Gasteiger partial charge in [-0.15, -0.1) is 0 Å². The van der Waals surface area contributed by atoms with Gasteiger partial charge in [0.1, 0.15) is 6.04 Å². The molecule has 4 rings (SSSR count). The van der Waals surface area contributed by atoms with Crippen molar-refractivity contribution in [2.24, 2.45) is 0 Å². The Bertz CT molecular complexity index is 831. The van der Waals surface area contributed by atoms with E-state index in [2.05, 4.69) is 10.1 Å². The molecule has 2 aliphatic heterocycles. The fourth-order valence-electron chi connectivity index (χ4n) is 3.91. The Hall–Kier alpha value is -2.70. The van der Waals surface area contributed by atoms with Gasteiger partial charge in [0.15, 0.2) is 5.82 Å². The lowest BCUT2D eigenvalue weighted by Gasteiger charge is -2.30. The number of hydrogen-bond donors (Lipinski definition) is 0. The molecule has 1 aromatic carbocycles. The zero-order valence-electron chi connectivity index (χ0n) is 14.3. The molecule has 0 saturated carbocycles. The highest BCUT2D eigenvalue weighted by molar-refractivity contribution is 6.02. The van der Waals surface area contributed by atoms with Gasteiger partial charge >= 0.3 is 0 Å². The average Bonchev–Trinajstić information content (AvgIpc) is 3.30. The molecule has 2 amide bonds. The Morgan fingerprint density at radius 2 is 2.08 bits per heavy atom. The molecule has 1 saturated heterocycles. The smallest absolute Gasteiger partial charge is 0.246 e. The number of para-hydroxylation sites is 1. The molecule has 2 aliphatic rings. The van der Waals surface area contributed by atoms with E-state index in [-0.39, 0.29) is 17.9 Å². The summed E-state index contributed by atoms with van der Waals surface area (Å²) in [5.41, 5.74) is 1.86. The van der Waals surface area contributed by atoms with Gasteiger partial charge in [-0.3, -0.25) is 14.5 Å². The Kier molecular flexibility index (Phi) is 3.78. The second-order valence-electron chi connectivity index (χ2n) is 6.60. The van der Waals surface area contributed by atoms with E-state index in [0.717, 1.165) is 24.1 Å². The van der Waals surface area contributed by atoms with E-state index in [1.807, 2.05) is 24.3 Å². The second kappa shape index (κ2) is 5.98. The summed E-state index contributed by atoms with van der Waals surface area (Å²) >= 11 is 0. The fourth-order valence-corrected chi connectivity index (χ4v) is 3.91. The minimum absolute atomic E-state index is 0.0450. The van der Waals surface area contributed by atoms with Crippen LogP contribution in [0, 0.1) is 6.92 Å². The molecule has 2 atom stereocenters. The van der Waals surface area contributed by atoms with Crippen LogP contribution in [0.2, 0.25) is 0 Å². The number of carbonyl (C=O) groups excluding carboxylic acids is 2. The number of aromatic nitrogens is 2. The predicted octanol–water partition coefficient (Wildman–Crippen LogP) is 2.02. The first-order chi connectivity index (χ1) is 12.1. The molecule has 0 radical (unpaired) electrons. The van der Waals surface area contributed by atoms with Crippen molar-refractivity contribution in [3.63, 3.8) is 0 Å². The SMILES string of the molecule is CC(=O)N1c2ccccc2C[C@H]1C(=O)N1CCC[C@@H]1c1noc(C)n1. The Labute approximate surface area is 145 Å². The maximum absolute atomic E-state index is 13.3.